The van der Waals surface area contributed by atoms with Crippen molar-refractivity contribution >= 4 is 29.5 Å². The van der Waals surface area contributed by atoms with Crippen molar-refractivity contribution in [2.75, 3.05) is 6.16 Å². The van der Waals surface area contributed by atoms with E-state index in [1.165, 1.54) is 15.9 Å². The van der Waals surface area contributed by atoms with Gasteiger partial charge in [0.2, 0.25) is 0 Å². The molecule has 0 radical (unpaired) electrons. The Balaban J connectivity index is 0.00000243. The molecule has 26 heavy (non-hydrogen) atoms. The molecular weight excluding hydrogens is 359 g/mol. The van der Waals surface area contributed by atoms with E-state index in [4.69, 9.17) is 0 Å². The van der Waals surface area contributed by atoms with Crippen LogP contribution in [0.1, 0.15) is 6.92 Å². The van der Waals surface area contributed by atoms with Crippen LogP contribution in [0.2, 0.25) is 0 Å². The third-order valence-electron chi connectivity index (χ3n) is 4.46. The lowest BCUT2D eigenvalue weighted by atomic mass is 10.3. The van der Waals surface area contributed by atoms with Gasteiger partial charge in [-0.1, -0.05) is 54.6 Å². The van der Waals surface area contributed by atoms with Gasteiger partial charge in [0, 0.05) is 0 Å². The van der Waals surface area contributed by atoms with Gasteiger partial charge in [-0.15, -0.1) is 0 Å². The molecule has 0 aromatic heterocycles. The number of aldehydes is 1. The SMILES string of the molecule is C/C(C=O)=C/C[P+](c1ccccc1)(c1ccccc1)c1ccccc1.[Cl-]. The quantitative estimate of drug-likeness (QED) is 0.356. The highest BCUT2D eigenvalue weighted by molar-refractivity contribution is 7.95. The van der Waals surface area contributed by atoms with Crippen molar-refractivity contribution in [3.8, 4) is 0 Å². The predicted octanol–water partition coefficient (Wildman–Crippen LogP) is 1.13. The first-order valence-corrected chi connectivity index (χ1v) is 10.4. The van der Waals surface area contributed by atoms with Gasteiger partial charge in [0.15, 0.2) is 0 Å². The van der Waals surface area contributed by atoms with E-state index in [9.17, 15) is 4.79 Å². The molecule has 3 rings (SSSR count). The van der Waals surface area contributed by atoms with E-state index < -0.39 is 7.26 Å². The van der Waals surface area contributed by atoms with Crippen LogP contribution in [0.4, 0.5) is 0 Å². The minimum Gasteiger partial charge on any atom is -1.00 e. The molecule has 3 heteroatoms. The highest BCUT2D eigenvalue weighted by atomic mass is 35.5. The molecule has 132 valence electrons. The van der Waals surface area contributed by atoms with Crippen LogP contribution < -0.4 is 28.3 Å². The standard InChI is InChI=1S/C23H22OP.ClH/c1-20(19-24)17-18-25(21-11-5-2-6-12-21,22-13-7-3-8-14-22)23-15-9-4-10-16-23;/h2-17,19H,18H2,1H3;1H/q+1;/p-1/b20-17-;. The minimum absolute atomic E-state index is 0. The molecule has 0 unspecified atom stereocenters. The Kier molecular flexibility index (Phi) is 7.33. The highest BCUT2D eigenvalue weighted by Crippen LogP contribution is 2.55. The second-order valence-corrected chi connectivity index (χ2v) is 9.60. The van der Waals surface area contributed by atoms with E-state index in [1.807, 2.05) is 6.92 Å². The van der Waals surface area contributed by atoms with Gasteiger partial charge in [0.05, 0.1) is 6.16 Å². The molecule has 0 atom stereocenters. The summed E-state index contributed by atoms with van der Waals surface area (Å²) in [6, 6.07) is 32.1. The van der Waals surface area contributed by atoms with Crippen LogP contribution in [-0.4, -0.2) is 12.4 Å². The van der Waals surface area contributed by atoms with Crippen LogP contribution in [0.15, 0.2) is 103 Å². The third kappa shape index (κ3) is 4.12. The van der Waals surface area contributed by atoms with E-state index in [-0.39, 0.29) is 12.4 Å². The van der Waals surface area contributed by atoms with E-state index >= 15 is 0 Å². The van der Waals surface area contributed by atoms with Crippen LogP contribution in [-0.2, 0) is 4.79 Å². The van der Waals surface area contributed by atoms with Crippen molar-refractivity contribution in [3.05, 3.63) is 103 Å². The van der Waals surface area contributed by atoms with Crippen LogP contribution in [0.25, 0.3) is 0 Å². The van der Waals surface area contributed by atoms with Gasteiger partial charge in [-0.3, -0.25) is 4.79 Å². The van der Waals surface area contributed by atoms with Gasteiger partial charge < -0.3 is 12.4 Å². The number of carbonyl (C=O) groups is 1. The number of allylic oxidation sites excluding steroid dienone is 2. The van der Waals surface area contributed by atoms with Crippen molar-refractivity contribution < 1.29 is 17.2 Å². The maximum absolute atomic E-state index is 11.2. The van der Waals surface area contributed by atoms with Gasteiger partial charge in [-0.2, -0.15) is 0 Å². The molecule has 0 fully saturated rings. The zero-order valence-corrected chi connectivity index (χ0v) is 16.4. The van der Waals surface area contributed by atoms with Crippen LogP contribution in [0.3, 0.4) is 0 Å². The lowest BCUT2D eigenvalue weighted by Crippen LogP contribution is -3.00. The average Bonchev–Trinajstić information content (AvgIpc) is 2.71. The molecule has 0 amide bonds. The second-order valence-electron chi connectivity index (χ2n) is 6.06. The fraction of sp³-hybridized carbons (Fsp3) is 0.0870. The predicted molar refractivity (Wildman–Crippen MR) is 110 cm³/mol. The molecule has 0 heterocycles. The normalized spacial score (nSPS) is 11.5. The van der Waals surface area contributed by atoms with Gasteiger partial charge >= 0.3 is 0 Å². The summed E-state index contributed by atoms with van der Waals surface area (Å²) in [5.74, 6) is 0. The number of rotatable bonds is 6. The summed E-state index contributed by atoms with van der Waals surface area (Å²) in [6.07, 6.45) is 3.87. The second kappa shape index (κ2) is 9.48. The van der Waals surface area contributed by atoms with Crippen molar-refractivity contribution in [2.24, 2.45) is 0 Å². The van der Waals surface area contributed by atoms with Gasteiger partial charge in [-0.05, 0) is 55.0 Å². The lowest BCUT2D eigenvalue weighted by Gasteiger charge is -2.26. The van der Waals surface area contributed by atoms with Gasteiger partial charge in [0.25, 0.3) is 0 Å². The number of hydrogen-bond acceptors (Lipinski definition) is 1. The Morgan fingerprint density at radius 3 is 1.38 bits per heavy atom. The Hall–Kier alpha value is -2.21. The third-order valence-corrected chi connectivity index (χ3v) is 8.73. The largest absolute Gasteiger partial charge is 1.00 e. The van der Waals surface area contributed by atoms with Gasteiger partial charge in [0.1, 0.15) is 29.5 Å². The number of carbonyl (C=O) groups excluding carboxylic acids is 1. The zero-order chi connectivity index (χ0) is 17.5. The number of hydrogen-bond donors (Lipinski definition) is 0. The Labute approximate surface area is 162 Å². The number of benzene rings is 3. The summed E-state index contributed by atoms with van der Waals surface area (Å²) < 4.78 is 0. The molecule has 0 aliphatic carbocycles. The molecule has 0 saturated heterocycles. The fourth-order valence-electron chi connectivity index (χ4n) is 3.14. The van der Waals surface area contributed by atoms with E-state index in [2.05, 4.69) is 97.1 Å². The first-order valence-electron chi connectivity index (χ1n) is 8.44. The molecule has 0 spiro atoms. The Morgan fingerprint density at radius 1 is 0.731 bits per heavy atom. The van der Waals surface area contributed by atoms with E-state index in [0.29, 0.717) is 0 Å². The van der Waals surface area contributed by atoms with Crippen molar-refractivity contribution in [1.82, 2.24) is 0 Å². The first-order chi connectivity index (χ1) is 12.3. The molecule has 0 N–H and O–H groups in total. The van der Waals surface area contributed by atoms with Crippen LogP contribution in [0, 0.1) is 0 Å². The Bertz CT molecular complexity index is 748. The Morgan fingerprint density at radius 2 is 1.08 bits per heavy atom. The van der Waals surface area contributed by atoms with E-state index in [1.54, 1.807) is 0 Å². The highest BCUT2D eigenvalue weighted by Gasteiger charge is 2.44. The topological polar surface area (TPSA) is 17.1 Å². The molecular formula is C23H22ClOP. The van der Waals surface area contributed by atoms with E-state index in [0.717, 1.165) is 18.0 Å². The summed E-state index contributed by atoms with van der Waals surface area (Å²) in [6.45, 7) is 1.88. The number of halogens is 1. The fourth-order valence-corrected chi connectivity index (χ4v) is 7.27. The summed E-state index contributed by atoms with van der Waals surface area (Å²) in [5, 5.41) is 4.01. The molecule has 1 nitrogen and oxygen atoms in total. The summed E-state index contributed by atoms with van der Waals surface area (Å²) >= 11 is 0. The summed E-state index contributed by atoms with van der Waals surface area (Å²) in [5.41, 5.74) is 0.784. The van der Waals surface area contributed by atoms with Crippen molar-refractivity contribution in [3.63, 3.8) is 0 Å². The molecule has 0 aliphatic rings. The molecule has 0 saturated carbocycles. The molecule has 0 aliphatic heterocycles. The lowest BCUT2D eigenvalue weighted by molar-refractivity contribution is -0.104. The van der Waals surface area contributed by atoms with Crippen LogP contribution >= 0.6 is 7.26 Å². The first kappa shape index (κ1) is 20.1. The zero-order valence-electron chi connectivity index (χ0n) is 14.8. The van der Waals surface area contributed by atoms with Crippen molar-refractivity contribution in [1.29, 1.82) is 0 Å². The smallest absolute Gasteiger partial charge is 0.145 e. The molecule has 0 bridgehead atoms. The maximum atomic E-state index is 11.2. The maximum Gasteiger partial charge on any atom is 0.145 e. The van der Waals surface area contributed by atoms with Gasteiger partial charge in [-0.25, -0.2) is 0 Å². The molecule has 3 aromatic rings. The monoisotopic (exact) mass is 380 g/mol. The minimum atomic E-state index is -1.86. The van der Waals surface area contributed by atoms with Crippen molar-refractivity contribution in [2.45, 2.75) is 6.92 Å². The summed E-state index contributed by atoms with van der Waals surface area (Å²) in [7, 11) is -1.86. The summed E-state index contributed by atoms with van der Waals surface area (Å²) in [4.78, 5) is 11.2. The van der Waals surface area contributed by atoms with Crippen LogP contribution in [0.5, 0.6) is 0 Å². The average molecular weight is 381 g/mol. The molecule has 3 aromatic carbocycles.